The summed E-state index contributed by atoms with van der Waals surface area (Å²) in [7, 11) is 0. The summed E-state index contributed by atoms with van der Waals surface area (Å²) in [5.74, 6) is -5.39. The third-order valence-electron chi connectivity index (χ3n) is 2.74. The Kier molecular flexibility index (Phi) is 3.20. The number of fused-ring (bicyclic) bond motifs is 1. The van der Waals surface area contributed by atoms with Crippen LogP contribution >= 0.6 is 11.6 Å². The molecule has 0 saturated heterocycles. The van der Waals surface area contributed by atoms with E-state index in [0.29, 0.717) is 11.3 Å². The maximum Gasteiger partial charge on any atom is 0.455 e. The fraction of sp³-hybridized carbons (Fsp3) is 0.364. The molecule has 1 atom stereocenters. The Morgan fingerprint density at radius 3 is 2.42 bits per heavy atom. The lowest BCUT2D eigenvalue weighted by atomic mass is 10.0. The standard InChI is InChI=1S/C11H7ClF5NO/c12-9(10(13,14)11(15,16)17)5-1-2-7-6(3-5)4-8(19)18-7/h1-3,9H,4H2,(H,18,19). The normalized spacial score (nSPS) is 17.1. The van der Waals surface area contributed by atoms with Gasteiger partial charge in [0.25, 0.3) is 0 Å². The number of benzene rings is 1. The van der Waals surface area contributed by atoms with Crippen LogP contribution in [0, 0.1) is 0 Å². The van der Waals surface area contributed by atoms with Crippen LogP contribution in [-0.4, -0.2) is 18.0 Å². The lowest BCUT2D eigenvalue weighted by Crippen LogP contribution is -2.40. The average molecular weight is 300 g/mol. The number of alkyl halides is 6. The van der Waals surface area contributed by atoms with Gasteiger partial charge < -0.3 is 5.32 Å². The lowest BCUT2D eigenvalue weighted by Gasteiger charge is -2.24. The number of hydrogen-bond acceptors (Lipinski definition) is 1. The van der Waals surface area contributed by atoms with Gasteiger partial charge in [0, 0.05) is 5.69 Å². The van der Waals surface area contributed by atoms with Gasteiger partial charge in [-0.3, -0.25) is 4.79 Å². The van der Waals surface area contributed by atoms with Crippen molar-refractivity contribution in [2.45, 2.75) is 23.9 Å². The second-order valence-electron chi connectivity index (χ2n) is 4.12. The van der Waals surface area contributed by atoms with E-state index in [-0.39, 0.29) is 17.9 Å². The van der Waals surface area contributed by atoms with Gasteiger partial charge in [-0.2, -0.15) is 22.0 Å². The molecule has 19 heavy (non-hydrogen) atoms. The maximum absolute atomic E-state index is 13.1. The van der Waals surface area contributed by atoms with E-state index in [4.69, 9.17) is 11.6 Å². The van der Waals surface area contributed by atoms with Crippen LogP contribution < -0.4 is 5.32 Å². The first-order valence-electron chi connectivity index (χ1n) is 5.14. The summed E-state index contributed by atoms with van der Waals surface area (Å²) in [6.45, 7) is 0. The topological polar surface area (TPSA) is 29.1 Å². The van der Waals surface area contributed by atoms with Crippen molar-refractivity contribution < 1.29 is 26.7 Å². The second-order valence-corrected chi connectivity index (χ2v) is 4.56. The van der Waals surface area contributed by atoms with Crippen LogP contribution in [0.4, 0.5) is 27.6 Å². The molecule has 1 unspecified atom stereocenters. The number of rotatable bonds is 2. The second kappa shape index (κ2) is 4.33. The predicted octanol–water partition coefficient (Wildman–Crippen LogP) is 3.66. The molecule has 0 radical (unpaired) electrons. The molecule has 2 nitrogen and oxygen atoms in total. The van der Waals surface area contributed by atoms with E-state index < -0.39 is 17.5 Å². The highest BCUT2D eigenvalue weighted by atomic mass is 35.5. The zero-order valence-electron chi connectivity index (χ0n) is 9.19. The zero-order chi connectivity index (χ0) is 14.4. The monoisotopic (exact) mass is 299 g/mol. The molecular weight excluding hydrogens is 293 g/mol. The fourth-order valence-corrected chi connectivity index (χ4v) is 2.02. The van der Waals surface area contributed by atoms with Gasteiger partial charge in [0.05, 0.1) is 6.42 Å². The quantitative estimate of drug-likeness (QED) is 0.655. The van der Waals surface area contributed by atoms with E-state index in [1.807, 2.05) is 0 Å². The molecule has 2 rings (SSSR count). The molecule has 1 aliphatic rings. The Morgan fingerprint density at radius 2 is 1.84 bits per heavy atom. The van der Waals surface area contributed by atoms with E-state index in [1.165, 1.54) is 6.07 Å². The van der Waals surface area contributed by atoms with Gasteiger partial charge in [-0.1, -0.05) is 12.1 Å². The molecule has 1 amide bonds. The summed E-state index contributed by atoms with van der Waals surface area (Å²) in [5, 5.41) is -0.0930. The van der Waals surface area contributed by atoms with Crippen molar-refractivity contribution >= 4 is 23.2 Å². The van der Waals surface area contributed by atoms with Gasteiger partial charge in [-0.05, 0) is 17.2 Å². The Bertz CT molecular complexity index is 528. The molecule has 1 heterocycles. The van der Waals surface area contributed by atoms with Gasteiger partial charge >= 0.3 is 12.1 Å². The van der Waals surface area contributed by atoms with Crippen LogP contribution in [0.15, 0.2) is 18.2 Å². The SMILES string of the molecule is O=C1Cc2cc(C(Cl)C(F)(F)C(F)(F)F)ccc2N1. The van der Waals surface area contributed by atoms with Crippen LogP contribution in [0.1, 0.15) is 16.5 Å². The molecule has 0 aromatic heterocycles. The summed E-state index contributed by atoms with van der Waals surface area (Å²) in [6, 6.07) is 3.39. The van der Waals surface area contributed by atoms with Gasteiger partial charge in [-0.25, -0.2) is 0 Å². The zero-order valence-corrected chi connectivity index (χ0v) is 9.95. The summed E-state index contributed by atoms with van der Waals surface area (Å²) < 4.78 is 62.8. The van der Waals surface area contributed by atoms with Gasteiger partial charge in [-0.15, -0.1) is 11.6 Å². The number of carbonyl (C=O) groups is 1. The van der Waals surface area contributed by atoms with Crippen LogP contribution in [0.5, 0.6) is 0 Å². The van der Waals surface area contributed by atoms with E-state index in [1.54, 1.807) is 0 Å². The minimum atomic E-state index is -5.73. The Hall–Kier alpha value is -1.37. The first-order valence-corrected chi connectivity index (χ1v) is 5.58. The van der Waals surface area contributed by atoms with Gasteiger partial charge in [0.2, 0.25) is 5.91 Å². The molecular formula is C11H7ClF5NO. The molecule has 0 aliphatic carbocycles. The Morgan fingerprint density at radius 1 is 1.21 bits per heavy atom. The Labute approximate surface area is 109 Å². The molecule has 1 aliphatic heterocycles. The lowest BCUT2D eigenvalue weighted by molar-refractivity contribution is -0.283. The first kappa shape index (κ1) is 14.0. The highest BCUT2D eigenvalue weighted by Crippen LogP contribution is 2.48. The summed E-state index contributed by atoms with van der Waals surface area (Å²) >= 11 is 5.25. The minimum Gasteiger partial charge on any atom is -0.326 e. The van der Waals surface area contributed by atoms with Crippen molar-refractivity contribution in [1.29, 1.82) is 0 Å². The molecule has 0 fully saturated rings. The van der Waals surface area contributed by atoms with Crippen molar-refractivity contribution in [2.75, 3.05) is 5.32 Å². The smallest absolute Gasteiger partial charge is 0.326 e. The molecule has 1 aromatic rings. The summed E-state index contributed by atoms with van der Waals surface area (Å²) in [4.78, 5) is 11.1. The maximum atomic E-state index is 13.1. The van der Waals surface area contributed by atoms with E-state index in [0.717, 1.165) is 12.1 Å². The van der Waals surface area contributed by atoms with Crippen molar-refractivity contribution in [1.82, 2.24) is 0 Å². The third-order valence-corrected chi connectivity index (χ3v) is 3.27. The molecule has 0 bridgehead atoms. The van der Waals surface area contributed by atoms with E-state index >= 15 is 0 Å². The van der Waals surface area contributed by atoms with Crippen LogP contribution in [0.2, 0.25) is 0 Å². The number of halogens is 6. The van der Waals surface area contributed by atoms with Gasteiger partial charge in [0.15, 0.2) is 0 Å². The fourth-order valence-electron chi connectivity index (χ4n) is 1.76. The molecule has 1 aromatic carbocycles. The largest absolute Gasteiger partial charge is 0.455 e. The van der Waals surface area contributed by atoms with Crippen LogP contribution in [0.25, 0.3) is 0 Å². The summed E-state index contributed by atoms with van der Waals surface area (Å²) in [5.41, 5.74) is 0.373. The number of anilines is 1. The predicted molar refractivity (Wildman–Crippen MR) is 58.4 cm³/mol. The molecule has 8 heteroatoms. The van der Waals surface area contributed by atoms with Crippen LogP contribution in [-0.2, 0) is 11.2 Å². The highest BCUT2D eigenvalue weighted by Gasteiger charge is 2.62. The number of carbonyl (C=O) groups excluding carboxylic acids is 1. The van der Waals surface area contributed by atoms with Gasteiger partial charge in [0.1, 0.15) is 5.38 Å². The number of amides is 1. The molecule has 1 N–H and O–H groups in total. The van der Waals surface area contributed by atoms with Crippen molar-refractivity contribution in [3.05, 3.63) is 29.3 Å². The first-order chi connectivity index (χ1) is 8.63. The molecule has 104 valence electrons. The van der Waals surface area contributed by atoms with Crippen molar-refractivity contribution in [2.24, 2.45) is 0 Å². The third kappa shape index (κ3) is 2.39. The van der Waals surface area contributed by atoms with Crippen LogP contribution in [0.3, 0.4) is 0 Å². The van der Waals surface area contributed by atoms with E-state index in [9.17, 15) is 26.7 Å². The Balaban J connectivity index is 2.34. The minimum absolute atomic E-state index is 0.0651. The average Bonchev–Trinajstić information content (AvgIpc) is 2.65. The molecule has 0 spiro atoms. The number of hydrogen-bond donors (Lipinski definition) is 1. The van der Waals surface area contributed by atoms with Crippen molar-refractivity contribution in [3.8, 4) is 0 Å². The summed E-state index contributed by atoms with van der Waals surface area (Å²) in [6.07, 6.45) is -5.79. The van der Waals surface area contributed by atoms with E-state index in [2.05, 4.69) is 5.32 Å². The molecule has 0 saturated carbocycles. The number of nitrogens with one attached hydrogen (secondary N) is 1. The highest BCUT2D eigenvalue weighted by molar-refractivity contribution is 6.21. The van der Waals surface area contributed by atoms with Crippen molar-refractivity contribution in [3.63, 3.8) is 0 Å².